The molecule has 0 spiro atoms. The quantitative estimate of drug-likeness (QED) is 0.646. The normalized spacial score (nSPS) is 7.38. The van der Waals surface area contributed by atoms with Crippen LogP contribution in [0.25, 0.3) is 0 Å². The molecule has 4 heteroatoms. The van der Waals surface area contributed by atoms with Gasteiger partial charge in [-0.25, -0.2) is 12.1 Å². The molecule has 16 heavy (non-hydrogen) atoms. The average molecular weight is 294 g/mol. The van der Waals surface area contributed by atoms with Gasteiger partial charge in [-0.15, -0.1) is 12.1 Å². The molecule has 85 valence electrons. The van der Waals surface area contributed by atoms with Crippen molar-refractivity contribution in [2.24, 2.45) is 0 Å². The number of benzene rings is 1. The van der Waals surface area contributed by atoms with Crippen molar-refractivity contribution in [2.45, 2.75) is 0 Å². The predicted octanol–water partition coefficient (Wildman–Crippen LogP) is 4.58. The van der Waals surface area contributed by atoms with E-state index in [0.29, 0.717) is 0 Å². The summed E-state index contributed by atoms with van der Waals surface area (Å²) < 4.78 is 3.19. The molecule has 0 saturated heterocycles. The van der Waals surface area contributed by atoms with Crippen LogP contribution in [0.15, 0.2) is 60.7 Å². The summed E-state index contributed by atoms with van der Waals surface area (Å²) in [6, 6.07) is 19.9. The van der Waals surface area contributed by atoms with Crippen LogP contribution < -0.4 is 0 Å². The van der Waals surface area contributed by atoms with Crippen LogP contribution in [0.3, 0.4) is 0 Å². The molecule has 0 aliphatic heterocycles. The van der Waals surface area contributed by atoms with E-state index in [1.165, 1.54) is 0 Å². The molecule has 1 nitrogen and oxygen atoms in total. The van der Waals surface area contributed by atoms with Gasteiger partial charge in [0.2, 0.25) is 0 Å². The maximum Gasteiger partial charge on any atom is 2.00 e. The molecule has 0 fully saturated rings. The van der Waals surface area contributed by atoms with Crippen molar-refractivity contribution in [1.82, 2.24) is 0 Å². The molecular formula is C12H12Cl2OV. The Hall–Kier alpha value is -0.436. The van der Waals surface area contributed by atoms with Gasteiger partial charge in [-0.05, 0) is 0 Å². The fourth-order valence-corrected chi connectivity index (χ4v) is 0.799. The van der Waals surface area contributed by atoms with Crippen LogP contribution >= 0.6 is 23.7 Å². The van der Waals surface area contributed by atoms with E-state index in [4.69, 9.17) is 0 Å². The molecule has 0 aliphatic carbocycles. The van der Waals surface area contributed by atoms with E-state index < -0.39 is 0 Å². The number of rotatable bonds is 0. The minimum Gasteiger partial charge on any atom is -0.214 e. The van der Waals surface area contributed by atoms with E-state index in [1.54, 1.807) is 0 Å². The summed E-state index contributed by atoms with van der Waals surface area (Å²) in [6.45, 7) is 3.72. The summed E-state index contributed by atoms with van der Waals surface area (Å²) in [4.78, 5) is 0. The van der Waals surface area contributed by atoms with Crippen LogP contribution in [-0.4, -0.2) is 0 Å². The van der Waals surface area contributed by atoms with E-state index in [2.05, 4.69) is 34.5 Å². The van der Waals surface area contributed by atoms with Crippen molar-refractivity contribution in [2.75, 3.05) is 0 Å². The minimum absolute atomic E-state index is 0. The fourth-order valence-electron chi connectivity index (χ4n) is 0.799. The molecule has 0 saturated carbocycles. The zero-order valence-electron chi connectivity index (χ0n) is 8.59. The fraction of sp³-hybridized carbons (Fsp3) is 0. The van der Waals surface area contributed by atoms with Crippen molar-refractivity contribution in [3.05, 3.63) is 73.2 Å². The summed E-state index contributed by atoms with van der Waals surface area (Å²) in [6.07, 6.45) is 0. The summed E-state index contributed by atoms with van der Waals surface area (Å²) in [5.41, 5.74) is 1.07. The first-order chi connectivity index (χ1) is 7.31. The Morgan fingerprint density at radius 1 is 0.938 bits per heavy atom. The predicted molar refractivity (Wildman–Crippen MR) is 65.7 cm³/mol. The Bertz CT molecular complexity index is 281. The molecule has 0 bridgehead atoms. The third-order valence-electron chi connectivity index (χ3n) is 1.40. The molecular weight excluding hydrogens is 282 g/mol. The molecule has 2 rings (SSSR count). The Kier molecular flexibility index (Phi) is 16.3. The van der Waals surface area contributed by atoms with Crippen molar-refractivity contribution in [3.8, 4) is 0 Å². The maximum atomic E-state index is 4.26. The maximum absolute atomic E-state index is 4.26. The van der Waals surface area contributed by atoms with E-state index in [0.717, 1.165) is 5.56 Å². The summed E-state index contributed by atoms with van der Waals surface area (Å²) in [5.74, 6) is 0. The Balaban J connectivity index is 0. The standard InChI is InChI=1S/C7H7.C5H5.Cl2O.V/c1-7-5-3-2-4-6-7;1-2-4-5-3-1;1-3-2;/h2-6H,1H2;1-5H;;/q2*-1;;+2. The molecule has 0 N–H and O–H groups in total. The Morgan fingerprint density at radius 3 is 1.56 bits per heavy atom. The van der Waals surface area contributed by atoms with Crippen LogP contribution in [0.4, 0.5) is 0 Å². The molecule has 0 unspecified atom stereocenters. The van der Waals surface area contributed by atoms with E-state index in [9.17, 15) is 0 Å². The Morgan fingerprint density at radius 2 is 1.38 bits per heavy atom. The van der Waals surface area contributed by atoms with Gasteiger partial charge in [0, 0.05) is 0 Å². The van der Waals surface area contributed by atoms with Crippen molar-refractivity contribution in [1.29, 1.82) is 0 Å². The number of halogens is 2. The second-order valence-electron chi connectivity index (χ2n) is 2.51. The second-order valence-corrected chi connectivity index (χ2v) is 2.97. The molecule has 2 aromatic rings. The summed E-state index contributed by atoms with van der Waals surface area (Å²) in [7, 11) is 0. The SMILES string of the molecule is ClOCl.[CH2-]c1ccccc1.[V+2].c1cc[cH-]c1. The van der Waals surface area contributed by atoms with Crippen molar-refractivity contribution in [3.63, 3.8) is 0 Å². The van der Waals surface area contributed by atoms with Crippen molar-refractivity contribution < 1.29 is 22.4 Å². The average Bonchev–Trinajstić information content (AvgIpc) is 2.78. The summed E-state index contributed by atoms with van der Waals surface area (Å²) in [5, 5.41) is 0. The second kappa shape index (κ2) is 14.6. The smallest absolute Gasteiger partial charge is 0.214 e. The van der Waals surface area contributed by atoms with Gasteiger partial charge in [-0.1, -0.05) is 6.07 Å². The van der Waals surface area contributed by atoms with E-state index in [-0.39, 0.29) is 18.6 Å². The largest absolute Gasteiger partial charge is 2.00 e. The van der Waals surface area contributed by atoms with Gasteiger partial charge in [0.15, 0.2) is 0 Å². The first-order valence-corrected chi connectivity index (χ1v) is 4.86. The molecule has 0 atom stereocenters. The first-order valence-electron chi connectivity index (χ1n) is 4.24. The van der Waals surface area contributed by atoms with Crippen LogP contribution in [0, 0.1) is 6.92 Å². The topological polar surface area (TPSA) is 9.23 Å². The minimum atomic E-state index is 0. The molecule has 0 amide bonds. The van der Waals surface area contributed by atoms with Gasteiger partial charge in [-0.2, -0.15) is 46.7 Å². The summed E-state index contributed by atoms with van der Waals surface area (Å²) >= 11 is 8.53. The molecule has 0 aliphatic rings. The van der Waals surface area contributed by atoms with Gasteiger partial charge in [0.05, 0.1) is 23.7 Å². The van der Waals surface area contributed by atoms with Crippen molar-refractivity contribution >= 4 is 23.7 Å². The number of hydrogen-bond acceptors (Lipinski definition) is 1. The molecule has 0 aromatic heterocycles. The molecule has 0 heterocycles. The van der Waals surface area contributed by atoms with Gasteiger partial charge < -0.3 is 0 Å². The first kappa shape index (κ1) is 17.9. The van der Waals surface area contributed by atoms with Crippen LogP contribution in [0.5, 0.6) is 0 Å². The Labute approximate surface area is 119 Å². The van der Waals surface area contributed by atoms with Gasteiger partial charge in [0.1, 0.15) is 0 Å². The monoisotopic (exact) mass is 293 g/mol. The van der Waals surface area contributed by atoms with Crippen LogP contribution in [0.1, 0.15) is 5.56 Å². The third-order valence-corrected chi connectivity index (χ3v) is 1.40. The van der Waals surface area contributed by atoms with E-state index >= 15 is 0 Å². The zero-order chi connectivity index (χ0) is 11.4. The van der Waals surface area contributed by atoms with Crippen LogP contribution in [0.2, 0.25) is 0 Å². The molecule has 2 aromatic carbocycles. The van der Waals surface area contributed by atoms with E-state index in [1.807, 2.05) is 60.7 Å². The van der Waals surface area contributed by atoms with Gasteiger partial charge in [-0.3, -0.25) is 0 Å². The molecule has 1 radical (unpaired) electrons. The number of hydrogen-bond donors (Lipinski definition) is 0. The van der Waals surface area contributed by atoms with Gasteiger partial charge in [0.25, 0.3) is 0 Å². The third kappa shape index (κ3) is 13.6. The van der Waals surface area contributed by atoms with Gasteiger partial charge >= 0.3 is 18.6 Å². The zero-order valence-corrected chi connectivity index (χ0v) is 11.5. The van der Waals surface area contributed by atoms with Crippen LogP contribution in [-0.2, 0) is 22.4 Å².